The zero-order chi connectivity index (χ0) is 37.7. The van der Waals surface area contributed by atoms with Crippen molar-refractivity contribution in [3.63, 3.8) is 0 Å². The number of hydrogen-bond donors (Lipinski definition) is 0. The van der Waals surface area contributed by atoms with Crippen molar-refractivity contribution in [2.75, 3.05) is 0 Å². The number of rotatable bonds is 22. The second-order valence-electron chi connectivity index (χ2n) is 17.0. The number of unbranched alkanes of at least 4 members (excludes halogenated alkanes) is 11. The average Bonchev–Trinajstić information content (AvgIpc) is 3.44. The van der Waals surface area contributed by atoms with E-state index in [-0.39, 0.29) is 30.9 Å². The van der Waals surface area contributed by atoms with Crippen LogP contribution in [-0.2, 0) is 37.4 Å². The summed E-state index contributed by atoms with van der Waals surface area (Å²) in [4.78, 5) is 20.1. The average molecular weight is 906 g/mol. The van der Waals surface area contributed by atoms with Gasteiger partial charge in [0.05, 0.1) is 0 Å². The second-order valence-corrected chi connectivity index (χ2v) is 17.0. The van der Waals surface area contributed by atoms with Crippen LogP contribution in [-0.4, -0.2) is 19.9 Å². The van der Waals surface area contributed by atoms with E-state index >= 15 is 0 Å². The number of aromatic nitrogens is 4. The summed E-state index contributed by atoms with van der Waals surface area (Å²) >= 11 is 0. The molecule has 2 aromatic heterocycles. The summed E-state index contributed by atoms with van der Waals surface area (Å²) in [5.74, 6) is 3.08. The first-order valence-electron chi connectivity index (χ1n) is 21.6. The van der Waals surface area contributed by atoms with Gasteiger partial charge in [-0.3, -0.25) is 0 Å². The van der Waals surface area contributed by atoms with E-state index in [4.69, 9.17) is 19.9 Å². The van der Waals surface area contributed by atoms with Gasteiger partial charge in [0.25, 0.3) is 0 Å². The number of hydrogen-bond acceptors (Lipinski definition) is 4. The molecular weight excluding hydrogens is 837 g/mol. The molecule has 0 saturated heterocycles. The molecule has 0 spiro atoms. The van der Waals surface area contributed by atoms with Gasteiger partial charge < -0.3 is 4.98 Å². The zero-order valence-electron chi connectivity index (χ0n) is 34.8. The fourth-order valence-electron chi connectivity index (χ4n) is 8.48. The monoisotopic (exact) mass is 907 g/mol. The van der Waals surface area contributed by atoms with Crippen LogP contribution >= 0.6 is 0 Å². The minimum Gasteiger partial charge on any atom is -0.304 e. The molecule has 4 nitrogen and oxygen atoms in total. The van der Waals surface area contributed by atoms with Crippen molar-refractivity contribution in [3.05, 3.63) is 83.6 Å². The Kier molecular flexibility index (Phi) is 17.5. The number of benzene rings is 2. The van der Waals surface area contributed by atoms with Gasteiger partial charge in [0, 0.05) is 49.1 Å². The summed E-state index contributed by atoms with van der Waals surface area (Å²) in [5, 5.41) is 0. The quantitative estimate of drug-likeness (QED) is 0.0582. The van der Waals surface area contributed by atoms with E-state index in [0.29, 0.717) is 5.92 Å². The topological polar surface area (TPSA) is 51.6 Å². The Bertz CT molecular complexity index is 1690. The molecular formula is C49H69IrN4-. The fraction of sp³-hybridized carbons (Fsp3) is 0.592. The van der Waals surface area contributed by atoms with Crippen LogP contribution < -0.4 is 0 Å². The molecule has 5 rings (SSSR count). The number of fused-ring (bicyclic) bond motifs is 3. The molecule has 0 saturated carbocycles. The van der Waals surface area contributed by atoms with Gasteiger partial charge in [-0.1, -0.05) is 199 Å². The van der Waals surface area contributed by atoms with Crippen LogP contribution in [0, 0.1) is 12.0 Å². The van der Waals surface area contributed by atoms with E-state index < -0.39 is 0 Å². The van der Waals surface area contributed by atoms with Crippen molar-refractivity contribution in [2.24, 2.45) is 5.92 Å². The summed E-state index contributed by atoms with van der Waals surface area (Å²) in [7, 11) is 0. The van der Waals surface area contributed by atoms with Crippen LogP contribution in [0.4, 0.5) is 0 Å². The maximum atomic E-state index is 5.06. The van der Waals surface area contributed by atoms with Gasteiger partial charge in [-0.2, -0.15) is 0 Å². The molecule has 2 aromatic carbocycles. The third-order valence-corrected chi connectivity index (χ3v) is 11.8. The second kappa shape index (κ2) is 21.5. The van der Waals surface area contributed by atoms with Gasteiger partial charge in [-0.05, 0) is 30.0 Å². The standard InChI is InChI=1S/C49H69N4.Ir/c1-8-12-15-17-19-23-32-49(33-24-20-18-16-13-9-2)42-27-22-21-26-40(42)41-30-28-38(35-43(41)49)44-31-29-39(36-50-44)46-51-45(34-37(11-4)25-14-10-3)52-47(53-46)48(5,6)7;/h21-22,26-27,29-31,35-37H,8-20,23-25,32-34H2,1-7H3;/q-1;. The van der Waals surface area contributed by atoms with Gasteiger partial charge in [-0.25, -0.2) is 15.0 Å². The molecule has 1 aliphatic rings. The maximum absolute atomic E-state index is 5.06. The minimum absolute atomic E-state index is 0. The van der Waals surface area contributed by atoms with Crippen LogP contribution in [0.1, 0.15) is 187 Å². The molecule has 54 heavy (non-hydrogen) atoms. The molecule has 0 fully saturated rings. The van der Waals surface area contributed by atoms with Gasteiger partial charge >= 0.3 is 0 Å². The van der Waals surface area contributed by atoms with E-state index in [1.54, 1.807) is 0 Å². The summed E-state index contributed by atoms with van der Waals surface area (Å²) in [6.45, 7) is 15.7. The van der Waals surface area contributed by atoms with Crippen LogP contribution in [0.15, 0.2) is 54.7 Å². The molecule has 2 heterocycles. The first kappa shape index (κ1) is 44.0. The SMILES string of the molecule is CCCCCCCCC1(CCCCCCCC)c2ccccc2-c2c[c-]c(-c3ccc(-c4nc(CC(CC)CCCC)nc(C(C)(C)C)n4)cn3)cc21.[Ir]. The largest absolute Gasteiger partial charge is 0.304 e. The van der Waals surface area contributed by atoms with E-state index in [9.17, 15) is 0 Å². The summed E-state index contributed by atoms with van der Waals surface area (Å²) in [6, 6.07) is 21.9. The molecule has 295 valence electrons. The fourth-order valence-corrected chi connectivity index (χ4v) is 8.48. The van der Waals surface area contributed by atoms with Gasteiger partial charge in [0.15, 0.2) is 5.82 Å². The molecule has 0 N–H and O–H groups in total. The smallest absolute Gasteiger partial charge is 0.164 e. The summed E-state index contributed by atoms with van der Waals surface area (Å²) in [5.41, 5.74) is 8.66. The van der Waals surface area contributed by atoms with Crippen LogP contribution in [0.5, 0.6) is 0 Å². The molecule has 1 aliphatic carbocycles. The molecule has 1 unspecified atom stereocenters. The van der Waals surface area contributed by atoms with Crippen LogP contribution in [0.25, 0.3) is 33.8 Å². The van der Waals surface area contributed by atoms with E-state index in [1.165, 1.54) is 131 Å². The molecule has 0 aliphatic heterocycles. The Hall–Kier alpha value is -2.75. The van der Waals surface area contributed by atoms with Crippen molar-refractivity contribution in [1.29, 1.82) is 0 Å². The van der Waals surface area contributed by atoms with Gasteiger partial charge in [0.2, 0.25) is 0 Å². The van der Waals surface area contributed by atoms with Crippen molar-refractivity contribution in [1.82, 2.24) is 19.9 Å². The van der Waals surface area contributed by atoms with E-state index in [1.807, 2.05) is 6.20 Å². The summed E-state index contributed by atoms with van der Waals surface area (Å²) in [6.07, 6.45) is 26.0. The van der Waals surface area contributed by atoms with Crippen LogP contribution in [0.3, 0.4) is 0 Å². The summed E-state index contributed by atoms with van der Waals surface area (Å²) < 4.78 is 0. The number of pyridine rings is 1. The predicted octanol–water partition coefficient (Wildman–Crippen LogP) is 14.2. The van der Waals surface area contributed by atoms with Crippen molar-refractivity contribution >= 4 is 0 Å². The Labute approximate surface area is 343 Å². The predicted molar refractivity (Wildman–Crippen MR) is 225 cm³/mol. The molecule has 0 amide bonds. The van der Waals surface area contributed by atoms with Gasteiger partial charge in [0.1, 0.15) is 11.6 Å². The Balaban J connectivity index is 0.00000650. The molecule has 1 radical (unpaired) electrons. The molecule has 1 atom stereocenters. The third kappa shape index (κ3) is 11.2. The third-order valence-electron chi connectivity index (χ3n) is 11.8. The Morgan fingerprint density at radius 1 is 0.685 bits per heavy atom. The van der Waals surface area contributed by atoms with E-state index in [0.717, 1.165) is 47.1 Å². The van der Waals surface area contributed by atoms with E-state index in [2.05, 4.69) is 103 Å². The number of nitrogens with zero attached hydrogens (tertiary/aromatic N) is 4. The van der Waals surface area contributed by atoms with Crippen LogP contribution in [0.2, 0.25) is 0 Å². The van der Waals surface area contributed by atoms with Crippen molar-refractivity contribution < 1.29 is 20.1 Å². The maximum Gasteiger partial charge on any atom is 0.164 e. The molecule has 4 aromatic rings. The Morgan fingerprint density at radius 3 is 1.94 bits per heavy atom. The first-order valence-corrected chi connectivity index (χ1v) is 21.6. The normalized spacial score (nSPS) is 13.7. The van der Waals surface area contributed by atoms with Crippen molar-refractivity contribution in [2.45, 2.75) is 181 Å². The Morgan fingerprint density at radius 2 is 1.33 bits per heavy atom. The van der Waals surface area contributed by atoms with Crippen molar-refractivity contribution in [3.8, 4) is 33.8 Å². The molecule has 5 heteroatoms. The van der Waals surface area contributed by atoms with Gasteiger partial charge in [-0.15, -0.1) is 29.3 Å². The first-order chi connectivity index (χ1) is 25.7. The zero-order valence-corrected chi connectivity index (χ0v) is 37.2. The molecule has 0 bridgehead atoms. The minimum atomic E-state index is -0.167.